The number of benzene rings is 1. The molecule has 0 heterocycles. The van der Waals surface area contributed by atoms with Gasteiger partial charge >= 0.3 is 5.97 Å². The molecule has 0 aliphatic rings. The molecule has 20 heavy (non-hydrogen) atoms. The normalized spacial score (nSPS) is 11.0. The maximum atomic E-state index is 13.8. The Labute approximate surface area is 116 Å². The van der Waals surface area contributed by atoms with Gasteiger partial charge in [-0.15, -0.1) is 0 Å². The quantitative estimate of drug-likeness (QED) is 0.838. The fraction of sp³-hybridized carbons (Fsp3) is 0.429. The van der Waals surface area contributed by atoms with E-state index in [4.69, 9.17) is 9.84 Å². The SMILES string of the molecule is COc1cccc(C(=O)NCCC(C)(C)C(=O)O)c1F. The van der Waals surface area contributed by atoms with Crippen LogP contribution in [-0.2, 0) is 4.79 Å². The molecular weight excluding hydrogens is 265 g/mol. The summed E-state index contributed by atoms with van der Waals surface area (Å²) < 4.78 is 18.6. The number of carboxylic acid groups (broad SMARTS) is 1. The van der Waals surface area contributed by atoms with Gasteiger partial charge in [-0.25, -0.2) is 4.39 Å². The van der Waals surface area contributed by atoms with Crippen LogP contribution >= 0.6 is 0 Å². The average molecular weight is 283 g/mol. The summed E-state index contributed by atoms with van der Waals surface area (Å²) in [6.45, 7) is 3.27. The monoisotopic (exact) mass is 283 g/mol. The van der Waals surface area contributed by atoms with Crippen LogP contribution in [0.25, 0.3) is 0 Å². The molecule has 5 nitrogen and oxygen atoms in total. The van der Waals surface area contributed by atoms with E-state index in [-0.39, 0.29) is 24.3 Å². The van der Waals surface area contributed by atoms with Crippen molar-refractivity contribution in [3.8, 4) is 5.75 Å². The first-order valence-electron chi connectivity index (χ1n) is 6.13. The number of hydrogen-bond acceptors (Lipinski definition) is 3. The summed E-state index contributed by atoms with van der Waals surface area (Å²) in [5, 5.41) is 11.5. The predicted molar refractivity (Wildman–Crippen MR) is 71.3 cm³/mol. The predicted octanol–water partition coefficient (Wildman–Crippen LogP) is 2.06. The lowest BCUT2D eigenvalue weighted by Crippen LogP contribution is -2.32. The molecule has 0 aromatic heterocycles. The lowest BCUT2D eigenvalue weighted by Gasteiger charge is -2.19. The van der Waals surface area contributed by atoms with E-state index in [1.165, 1.54) is 25.3 Å². The smallest absolute Gasteiger partial charge is 0.309 e. The molecule has 0 aliphatic carbocycles. The Bertz CT molecular complexity index is 514. The molecule has 6 heteroatoms. The Hall–Kier alpha value is -2.11. The molecule has 0 spiro atoms. The lowest BCUT2D eigenvalue weighted by atomic mass is 9.90. The van der Waals surface area contributed by atoms with Crippen LogP contribution in [0.2, 0.25) is 0 Å². The van der Waals surface area contributed by atoms with Crippen LogP contribution in [0.3, 0.4) is 0 Å². The second-order valence-corrected chi connectivity index (χ2v) is 5.02. The first-order valence-corrected chi connectivity index (χ1v) is 6.13. The van der Waals surface area contributed by atoms with Gasteiger partial charge in [0.15, 0.2) is 11.6 Å². The Kier molecular flexibility index (Phi) is 5.07. The standard InChI is InChI=1S/C14H18FNO4/c1-14(2,13(18)19)7-8-16-12(17)9-5-4-6-10(20-3)11(9)15/h4-6H,7-8H2,1-3H3,(H,16,17)(H,18,19). The zero-order valence-corrected chi connectivity index (χ0v) is 11.7. The van der Waals surface area contributed by atoms with Gasteiger partial charge in [0.2, 0.25) is 0 Å². The molecule has 0 unspecified atom stereocenters. The highest BCUT2D eigenvalue weighted by Gasteiger charge is 2.26. The van der Waals surface area contributed by atoms with Crippen LogP contribution in [0, 0.1) is 11.2 Å². The van der Waals surface area contributed by atoms with Crippen molar-refractivity contribution in [1.29, 1.82) is 0 Å². The third-order valence-electron chi connectivity index (χ3n) is 3.04. The fourth-order valence-corrected chi connectivity index (χ4v) is 1.53. The van der Waals surface area contributed by atoms with E-state index in [2.05, 4.69) is 5.32 Å². The molecule has 0 fully saturated rings. The van der Waals surface area contributed by atoms with Gasteiger partial charge in [0.25, 0.3) is 5.91 Å². The minimum atomic E-state index is -0.945. The number of nitrogens with one attached hydrogen (secondary N) is 1. The fourth-order valence-electron chi connectivity index (χ4n) is 1.53. The minimum absolute atomic E-state index is 0.0106. The molecular formula is C14H18FNO4. The maximum Gasteiger partial charge on any atom is 0.309 e. The van der Waals surface area contributed by atoms with Crippen LogP contribution in [0.4, 0.5) is 4.39 Å². The van der Waals surface area contributed by atoms with Crippen molar-refractivity contribution < 1.29 is 23.8 Å². The zero-order chi connectivity index (χ0) is 15.3. The number of ether oxygens (including phenoxy) is 1. The maximum absolute atomic E-state index is 13.8. The summed E-state index contributed by atoms with van der Waals surface area (Å²) >= 11 is 0. The van der Waals surface area contributed by atoms with Crippen molar-refractivity contribution in [1.82, 2.24) is 5.32 Å². The van der Waals surface area contributed by atoms with Crippen molar-refractivity contribution in [3.05, 3.63) is 29.6 Å². The molecule has 0 atom stereocenters. The molecule has 0 saturated heterocycles. The van der Waals surface area contributed by atoms with E-state index in [0.29, 0.717) is 0 Å². The van der Waals surface area contributed by atoms with Gasteiger partial charge in [0.05, 0.1) is 18.1 Å². The summed E-state index contributed by atoms with van der Waals surface area (Å²) in [7, 11) is 1.31. The van der Waals surface area contributed by atoms with Crippen LogP contribution < -0.4 is 10.1 Å². The number of hydrogen-bond donors (Lipinski definition) is 2. The Morgan fingerprint density at radius 1 is 1.40 bits per heavy atom. The summed E-state index contributed by atoms with van der Waals surface area (Å²) in [4.78, 5) is 22.8. The molecule has 0 radical (unpaired) electrons. The van der Waals surface area contributed by atoms with Crippen LogP contribution in [0.15, 0.2) is 18.2 Å². The highest BCUT2D eigenvalue weighted by molar-refractivity contribution is 5.94. The minimum Gasteiger partial charge on any atom is -0.494 e. The highest BCUT2D eigenvalue weighted by atomic mass is 19.1. The number of methoxy groups -OCH3 is 1. The van der Waals surface area contributed by atoms with Gasteiger partial charge in [0.1, 0.15) is 0 Å². The van der Waals surface area contributed by atoms with Crippen LogP contribution in [-0.4, -0.2) is 30.6 Å². The van der Waals surface area contributed by atoms with Crippen molar-refractivity contribution in [3.63, 3.8) is 0 Å². The van der Waals surface area contributed by atoms with E-state index < -0.39 is 23.1 Å². The Morgan fingerprint density at radius 3 is 2.60 bits per heavy atom. The first-order chi connectivity index (χ1) is 9.29. The molecule has 0 saturated carbocycles. The lowest BCUT2D eigenvalue weighted by molar-refractivity contribution is -0.147. The molecule has 1 rings (SSSR count). The molecule has 1 aromatic carbocycles. The molecule has 0 bridgehead atoms. The molecule has 2 N–H and O–H groups in total. The highest BCUT2D eigenvalue weighted by Crippen LogP contribution is 2.21. The van der Waals surface area contributed by atoms with Gasteiger partial charge in [-0.05, 0) is 32.4 Å². The number of carbonyl (C=O) groups excluding carboxylic acids is 1. The van der Waals surface area contributed by atoms with Crippen LogP contribution in [0.5, 0.6) is 5.75 Å². The number of carbonyl (C=O) groups is 2. The zero-order valence-electron chi connectivity index (χ0n) is 11.7. The Morgan fingerprint density at radius 2 is 2.05 bits per heavy atom. The molecule has 1 aromatic rings. The largest absolute Gasteiger partial charge is 0.494 e. The van der Waals surface area contributed by atoms with E-state index in [0.717, 1.165) is 0 Å². The van der Waals surface area contributed by atoms with Crippen molar-refractivity contribution in [2.24, 2.45) is 5.41 Å². The second kappa shape index (κ2) is 6.36. The van der Waals surface area contributed by atoms with Crippen molar-refractivity contribution in [2.45, 2.75) is 20.3 Å². The van der Waals surface area contributed by atoms with E-state index >= 15 is 0 Å². The van der Waals surface area contributed by atoms with E-state index in [9.17, 15) is 14.0 Å². The van der Waals surface area contributed by atoms with Gasteiger partial charge < -0.3 is 15.2 Å². The first kappa shape index (κ1) is 15.9. The van der Waals surface area contributed by atoms with Gasteiger partial charge in [-0.3, -0.25) is 9.59 Å². The van der Waals surface area contributed by atoms with Gasteiger partial charge in [0, 0.05) is 6.54 Å². The molecule has 110 valence electrons. The summed E-state index contributed by atoms with van der Waals surface area (Å²) in [6, 6.07) is 4.27. The number of halogens is 1. The van der Waals surface area contributed by atoms with Crippen LogP contribution in [0.1, 0.15) is 30.6 Å². The number of aliphatic carboxylic acids is 1. The second-order valence-electron chi connectivity index (χ2n) is 5.02. The average Bonchev–Trinajstić information content (AvgIpc) is 2.38. The van der Waals surface area contributed by atoms with E-state index in [1.54, 1.807) is 13.8 Å². The molecule has 1 amide bonds. The summed E-state index contributed by atoms with van der Waals surface area (Å²) in [6.07, 6.45) is 0.250. The van der Waals surface area contributed by atoms with E-state index in [1.807, 2.05) is 0 Å². The number of carboxylic acids is 1. The number of rotatable bonds is 6. The van der Waals surface area contributed by atoms with Crippen molar-refractivity contribution in [2.75, 3.05) is 13.7 Å². The third kappa shape index (κ3) is 3.69. The number of amides is 1. The topological polar surface area (TPSA) is 75.6 Å². The summed E-state index contributed by atoms with van der Waals surface area (Å²) in [5.74, 6) is -2.28. The van der Waals surface area contributed by atoms with Gasteiger partial charge in [-0.2, -0.15) is 0 Å². The van der Waals surface area contributed by atoms with Crippen molar-refractivity contribution >= 4 is 11.9 Å². The Balaban J connectivity index is 2.67. The third-order valence-corrected chi connectivity index (χ3v) is 3.04. The molecule has 0 aliphatic heterocycles. The van der Waals surface area contributed by atoms with Gasteiger partial charge in [-0.1, -0.05) is 6.07 Å². The summed E-state index contributed by atoms with van der Waals surface area (Å²) in [5.41, 5.74) is -1.07.